The maximum Gasteiger partial charge on any atom is 0.135 e. The van der Waals surface area contributed by atoms with Gasteiger partial charge in [-0.25, -0.2) is 9.97 Å². The zero-order valence-electron chi connectivity index (χ0n) is 10.5. The molecule has 0 amide bonds. The number of benzene rings is 1. The summed E-state index contributed by atoms with van der Waals surface area (Å²) in [6.07, 6.45) is 2.57. The Balaban J connectivity index is 2.16. The first-order chi connectivity index (χ1) is 9.19. The summed E-state index contributed by atoms with van der Waals surface area (Å²) in [5.74, 6) is 1.52. The van der Waals surface area contributed by atoms with Crippen molar-refractivity contribution in [1.82, 2.24) is 9.97 Å². The van der Waals surface area contributed by atoms with E-state index in [0.717, 1.165) is 34.8 Å². The van der Waals surface area contributed by atoms with Crippen LogP contribution in [0.15, 0.2) is 35.1 Å². The van der Waals surface area contributed by atoms with Crippen LogP contribution >= 0.6 is 27.5 Å². The molecule has 6 heteroatoms. The van der Waals surface area contributed by atoms with Gasteiger partial charge in [0.15, 0.2) is 0 Å². The fourth-order valence-corrected chi connectivity index (χ4v) is 2.02. The van der Waals surface area contributed by atoms with Crippen LogP contribution in [0.2, 0.25) is 5.02 Å². The molecule has 0 saturated heterocycles. The number of aromatic nitrogens is 2. The van der Waals surface area contributed by atoms with Crippen LogP contribution in [0.3, 0.4) is 0 Å². The lowest BCUT2D eigenvalue weighted by Gasteiger charge is -2.09. The van der Waals surface area contributed by atoms with Crippen LogP contribution in [-0.4, -0.2) is 16.5 Å². The minimum atomic E-state index is 0.670. The van der Waals surface area contributed by atoms with Gasteiger partial charge in [0, 0.05) is 22.1 Å². The highest BCUT2D eigenvalue weighted by molar-refractivity contribution is 9.10. The second-order valence-electron chi connectivity index (χ2n) is 3.96. The van der Waals surface area contributed by atoms with Crippen molar-refractivity contribution in [3.8, 4) is 0 Å². The molecule has 0 aliphatic carbocycles. The first-order valence-corrected chi connectivity index (χ1v) is 7.14. The van der Waals surface area contributed by atoms with Crippen LogP contribution in [0.25, 0.3) is 0 Å². The Morgan fingerprint density at radius 1 is 1.21 bits per heavy atom. The predicted molar refractivity (Wildman–Crippen MR) is 83.2 cm³/mol. The second kappa shape index (κ2) is 6.73. The Kier molecular flexibility index (Phi) is 4.99. The van der Waals surface area contributed by atoms with E-state index in [4.69, 9.17) is 11.6 Å². The van der Waals surface area contributed by atoms with Gasteiger partial charge in [-0.05, 0) is 40.5 Å². The van der Waals surface area contributed by atoms with E-state index in [1.165, 1.54) is 6.33 Å². The van der Waals surface area contributed by atoms with E-state index in [2.05, 4.69) is 43.5 Å². The number of hydrogen-bond acceptors (Lipinski definition) is 4. The zero-order valence-corrected chi connectivity index (χ0v) is 12.8. The largest absolute Gasteiger partial charge is 0.370 e. The van der Waals surface area contributed by atoms with E-state index < -0.39 is 0 Å². The minimum absolute atomic E-state index is 0.670. The summed E-state index contributed by atoms with van der Waals surface area (Å²) in [7, 11) is 0. The van der Waals surface area contributed by atoms with Crippen molar-refractivity contribution < 1.29 is 0 Å². The summed E-state index contributed by atoms with van der Waals surface area (Å²) in [5.41, 5.74) is 0.868. The van der Waals surface area contributed by atoms with Crippen LogP contribution in [0, 0.1) is 0 Å². The molecule has 0 unspecified atom stereocenters. The van der Waals surface area contributed by atoms with Crippen LogP contribution in [0.1, 0.15) is 13.3 Å². The van der Waals surface area contributed by atoms with Crippen molar-refractivity contribution in [1.29, 1.82) is 0 Å². The third-order valence-electron chi connectivity index (χ3n) is 2.41. The Bertz CT molecular complexity index is 562. The highest BCUT2D eigenvalue weighted by Gasteiger charge is 2.03. The summed E-state index contributed by atoms with van der Waals surface area (Å²) in [6, 6.07) is 7.42. The summed E-state index contributed by atoms with van der Waals surface area (Å²) in [4.78, 5) is 8.35. The van der Waals surface area contributed by atoms with Crippen molar-refractivity contribution in [2.75, 3.05) is 17.2 Å². The summed E-state index contributed by atoms with van der Waals surface area (Å²) < 4.78 is 0.929. The van der Waals surface area contributed by atoms with E-state index in [0.29, 0.717) is 5.02 Å². The first kappa shape index (κ1) is 14.1. The Morgan fingerprint density at radius 2 is 2.00 bits per heavy atom. The van der Waals surface area contributed by atoms with Gasteiger partial charge in [0.25, 0.3) is 0 Å². The summed E-state index contributed by atoms with van der Waals surface area (Å²) in [5, 5.41) is 7.10. The number of halogens is 2. The molecule has 2 rings (SSSR count). The Labute approximate surface area is 125 Å². The molecule has 1 aromatic carbocycles. The molecule has 19 heavy (non-hydrogen) atoms. The quantitative estimate of drug-likeness (QED) is 0.843. The number of rotatable bonds is 5. The van der Waals surface area contributed by atoms with Crippen LogP contribution in [0.5, 0.6) is 0 Å². The van der Waals surface area contributed by atoms with Crippen molar-refractivity contribution in [3.05, 3.63) is 40.1 Å². The molecule has 0 spiro atoms. The second-order valence-corrected chi connectivity index (χ2v) is 5.26. The van der Waals surface area contributed by atoms with E-state index in [-0.39, 0.29) is 0 Å². The van der Waals surface area contributed by atoms with Gasteiger partial charge in [0.1, 0.15) is 18.0 Å². The normalized spacial score (nSPS) is 10.3. The highest BCUT2D eigenvalue weighted by Crippen LogP contribution is 2.28. The van der Waals surface area contributed by atoms with Crippen LogP contribution in [-0.2, 0) is 0 Å². The van der Waals surface area contributed by atoms with Crippen molar-refractivity contribution in [2.24, 2.45) is 0 Å². The lowest BCUT2D eigenvalue weighted by atomic mass is 10.3. The fraction of sp³-hybridized carbons (Fsp3) is 0.231. The fourth-order valence-electron chi connectivity index (χ4n) is 1.51. The number of hydrogen-bond donors (Lipinski definition) is 2. The molecule has 0 aliphatic heterocycles. The molecule has 0 fully saturated rings. The Hall–Kier alpha value is -1.33. The molecule has 1 heterocycles. The number of nitrogens with one attached hydrogen (secondary N) is 2. The SMILES string of the molecule is CCCNc1cc(Nc2cc(Cl)ccc2Br)ncn1. The molecular formula is C13H14BrClN4. The van der Waals surface area contributed by atoms with Gasteiger partial charge in [-0.1, -0.05) is 18.5 Å². The molecule has 0 atom stereocenters. The molecule has 2 N–H and O–H groups in total. The molecule has 1 aromatic heterocycles. The standard InChI is InChI=1S/C13H14BrClN4/c1-2-5-16-12-7-13(18-8-17-12)19-11-6-9(15)3-4-10(11)14/h3-4,6-8H,2,5H2,1H3,(H2,16,17,18,19). The summed E-state index contributed by atoms with van der Waals surface area (Å²) >= 11 is 9.45. The third kappa shape index (κ3) is 4.08. The van der Waals surface area contributed by atoms with Gasteiger partial charge < -0.3 is 10.6 Å². The molecule has 0 bridgehead atoms. The molecule has 2 aromatic rings. The maximum absolute atomic E-state index is 5.98. The molecule has 100 valence electrons. The molecular weight excluding hydrogens is 328 g/mol. The molecule has 0 aliphatic rings. The molecule has 0 radical (unpaired) electrons. The average Bonchev–Trinajstić information content (AvgIpc) is 2.41. The smallest absolute Gasteiger partial charge is 0.135 e. The number of anilines is 3. The maximum atomic E-state index is 5.98. The van der Waals surface area contributed by atoms with Crippen molar-refractivity contribution in [2.45, 2.75) is 13.3 Å². The van der Waals surface area contributed by atoms with Gasteiger partial charge in [0.05, 0.1) is 5.69 Å². The number of nitrogens with zero attached hydrogens (tertiary/aromatic N) is 2. The lowest BCUT2D eigenvalue weighted by Crippen LogP contribution is -2.03. The highest BCUT2D eigenvalue weighted by atomic mass is 79.9. The first-order valence-electron chi connectivity index (χ1n) is 5.97. The topological polar surface area (TPSA) is 49.8 Å². The van der Waals surface area contributed by atoms with Crippen molar-refractivity contribution >= 4 is 44.9 Å². The average molecular weight is 342 g/mol. The van der Waals surface area contributed by atoms with Crippen LogP contribution in [0.4, 0.5) is 17.3 Å². The molecule has 4 nitrogen and oxygen atoms in total. The van der Waals surface area contributed by atoms with Gasteiger partial charge in [-0.2, -0.15) is 0 Å². The van der Waals surface area contributed by atoms with Gasteiger partial charge in [-0.3, -0.25) is 0 Å². The minimum Gasteiger partial charge on any atom is -0.370 e. The van der Waals surface area contributed by atoms with Gasteiger partial charge in [0.2, 0.25) is 0 Å². The van der Waals surface area contributed by atoms with Crippen molar-refractivity contribution in [3.63, 3.8) is 0 Å². The van der Waals surface area contributed by atoms with Gasteiger partial charge >= 0.3 is 0 Å². The van der Waals surface area contributed by atoms with Gasteiger partial charge in [-0.15, -0.1) is 0 Å². The summed E-state index contributed by atoms with van der Waals surface area (Å²) in [6.45, 7) is 2.99. The lowest BCUT2D eigenvalue weighted by molar-refractivity contribution is 0.965. The zero-order chi connectivity index (χ0) is 13.7. The Morgan fingerprint density at radius 3 is 2.79 bits per heavy atom. The van der Waals surface area contributed by atoms with E-state index in [1.807, 2.05) is 24.3 Å². The predicted octanol–water partition coefficient (Wildman–Crippen LogP) is 4.46. The van der Waals surface area contributed by atoms with E-state index >= 15 is 0 Å². The van der Waals surface area contributed by atoms with Crippen LogP contribution < -0.4 is 10.6 Å². The van der Waals surface area contributed by atoms with E-state index in [1.54, 1.807) is 0 Å². The van der Waals surface area contributed by atoms with E-state index in [9.17, 15) is 0 Å². The molecule has 0 saturated carbocycles. The monoisotopic (exact) mass is 340 g/mol. The third-order valence-corrected chi connectivity index (χ3v) is 3.34.